The molecule has 1 atom stereocenters. The molecule has 0 aliphatic heterocycles. The molecule has 0 heterocycles. The van der Waals surface area contributed by atoms with Gasteiger partial charge < -0.3 is 14.8 Å². The van der Waals surface area contributed by atoms with Crippen LogP contribution in [0.25, 0.3) is 0 Å². The summed E-state index contributed by atoms with van der Waals surface area (Å²) >= 11 is 0. The van der Waals surface area contributed by atoms with E-state index in [1.807, 2.05) is 54.6 Å². The van der Waals surface area contributed by atoms with E-state index in [0.29, 0.717) is 31.1 Å². The van der Waals surface area contributed by atoms with Crippen LogP contribution in [-0.4, -0.2) is 26.2 Å². The fourth-order valence-electron chi connectivity index (χ4n) is 2.34. The molecule has 0 unspecified atom stereocenters. The minimum absolute atomic E-state index is 0.0324. The van der Waals surface area contributed by atoms with Crippen molar-refractivity contribution in [1.29, 1.82) is 0 Å². The van der Waals surface area contributed by atoms with Crippen LogP contribution < -0.4 is 14.8 Å². The highest BCUT2D eigenvalue weighted by Crippen LogP contribution is 2.25. The van der Waals surface area contributed by atoms with Crippen molar-refractivity contribution in [3.8, 4) is 11.5 Å². The molecule has 122 valence electrons. The van der Waals surface area contributed by atoms with Gasteiger partial charge in [0.05, 0.1) is 13.7 Å². The summed E-state index contributed by atoms with van der Waals surface area (Å²) < 4.78 is 10.8. The highest BCUT2D eigenvalue weighted by molar-refractivity contribution is 5.76. The summed E-state index contributed by atoms with van der Waals surface area (Å²) in [6.07, 6.45) is 0.471. The Labute approximate surface area is 137 Å². The molecule has 2 aromatic carbocycles. The van der Waals surface area contributed by atoms with Crippen molar-refractivity contribution in [1.82, 2.24) is 5.32 Å². The Hall–Kier alpha value is -2.49. The topological polar surface area (TPSA) is 47.6 Å². The number of methoxy groups -OCH3 is 1. The van der Waals surface area contributed by atoms with E-state index >= 15 is 0 Å². The minimum atomic E-state index is 0.0324. The quantitative estimate of drug-likeness (QED) is 0.760. The molecule has 0 spiro atoms. The zero-order chi connectivity index (χ0) is 16.5. The van der Waals surface area contributed by atoms with Gasteiger partial charge in [-0.15, -0.1) is 0 Å². The van der Waals surface area contributed by atoms with E-state index in [1.165, 1.54) is 5.56 Å². The van der Waals surface area contributed by atoms with Crippen LogP contribution in [0.4, 0.5) is 0 Å². The first-order valence-electron chi connectivity index (χ1n) is 7.78. The van der Waals surface area contributed by atoms with Gasteiger partial charge in [-0.3, -0.25) is 4.79 Å². The smallest absolute Gasteiger partial charge is 0.220 e. The maximum absolute atomic E-state index is 12.0. The van der Waals surface area contributed by atoms with E-state index in [9.17, 15) is 4.79 Å². The number of nitrogens with one attached hydrogen (secondary N) is 1. The van der Waals surface area contributed by atoms with Crippen LogP contribution in [0.5, 0.6) is 11.5 Å². The molecule has 0 saturated heterocycles. The lowest BCUT2D eigenvalue weighted by Gasteiger charge is -2.13. The number of ether oxygens (including phenoxy) is 2. The van der Waals surface area contributed by atoms with E-state index in [1.54, 1.807) is 7.11 Å². The first kappa shape index (κ1) is 16.9. The Morgan fingerprint density at radius 3 is 2.39 bits per heavy atom. The third-order valence-electron chi connectivity index (χ3n) is 3.61. The van der Waals surface area contributed by atoms with Crippen LogP contribution in [0, 0.1) is 0 Å². The molecule has 23 heavy (non-hydrogen) atoms. The van der Waals surface area contributed by atoms with E-state index < -0.39 is 0 Å². The number of hydrogen-bond acceptors (Lipinski definition) is 3. The van der Waals surface area contributed by atoms with E-state index in [-0.39, 0.29) is 11.8 Å². The third-order valence-corrected chi connectivity index (χ3v) is 3.61. The average molecular weight is 313 g/mol. The maximum Gasteiger partial charge on any atom is 0.220 e. The van der Waals surface area contributed by atoms with Gasteiger partial charge in [-0.2, -0.15) is 0 Å². The van der Waals surface area contributed by atoms with Gasteiger partial charge in [0.25, 0.3) is 0 Å². The zero-order valence-electron chi connectivity index (χ0n) is 13.6. The summed E-state index contributed by atoms with van der Waals surface area (Å²) in [5, 5.41) is 2.89. The van der Waals surface area contributed by atoms with E-state index in [0.717, 1.165) is 0 Å². The molecule has 0 saturated carbocycles. The second-order valence-electron chi connectivity index (χ2n) is 5.37. The molecular weight excluding hydrogens is 290 g/mol. The molecule has 0 aromatic heterocycles. The highest BCUT2D eigenvalue weighted by Gasteiger charge is 2.10. The number of para-hydroxylation sites is 2. The van der Waals surface area contributed by atoms with Crippen LogP contribution >= 0.6 is 0 Å². The van der Waals surface area contributed by atoms with Crippen molar-refractivity contribution in [3.63, 3.8) is 0 Å². The molecular formula is C19H23NO3. The number of amides is 1. The van der Waals surface area contributed by atoms with Crippen molar-refractivity contribution in [2.24, 2.45) is 0 Å². The second kappa shape index (κ2) is 8.83. The summed E-state index contributed by atoms with van der Waals surface area (Å²) in [7, 11) is 1.61. The molecule has 2 aromatic rings. The van der Waals surface area contributed by atoms with Gasteiger partial charge in [0.15, 0.2) is 11.5 Å². The summed E-state index contributed by atoms with van der Waals surface area (Å²) in [5.41, 5.74) is 1.17. The van der Waals surface area contributed by atoms with Crippen molar-refractivity contribution in [3.05, 3.63) is 60.2 Å². The first-order valence-corrected chi connectivity index (χ1v) is 7.78. The van der Waals surface area contributed by atoms with E-state index in [4.69, 9.17) is 9.47 Å². The predicted octanol–water partition coefficient (Wildman–Crippen LogP) is 3.38. The lowest BCUT2D eigenvalue weighted by molar-refractivity contribution is -0.121. The molecule has 1 N–H and O–H groups in total. The van der Waals surface area contributed by atoms with E-state index in [2.05, 4.69) is 12.2 Å². The molecule has 0 aliphatic carbocycles. The largest absolute Gasteiger partial charge is 0.493 e. The second-order valence-corrected chi connectivity index (χ2v) is 5.37. The zero-order valence-corrected chi connectivity index (χ0v) is 13.6. The normalized spacial score (nSPS) is 11.6. The van der Waals surface area contributed by atoms with Gasteiger partial charge in [-0.1, -0.05) is 49.4 Å². The van der Waals surface area contributed by atoms with Crippen molar-refractivity contribution in [2.45, 2.75) is 19.3 Å². The van der Waals surface area contributed by atoms with Crippen molar-refractivity contribution in [2.75, 3.05) is 20.3 Å². The molecule has 1 amide bonds. The maximum atomic E-state index is 12.0. The van der Waals surface area contributed by atoms with Gasteiger partial charge in [-0.05, 0) is 23.6 Å². The molecule has 0 aliphatic rings. The van der Waals surface area contributed by atoms with Gasteiger partial charge in [-0.25, -0.2) is 0 Å². The average Bonchev–Trinajstić information content (AvgIpc) is 2.59. The first-order chi connectivity index (χ1) is 11.2. The SMILES string of the molecule is COc1ccccc1OCCNC(=O)C[C@@H](C)c1ccccc1. The predicted molar refractivity (Wildman–Crippen MR) is 91.0 cm³/mol. The lowest BCUT2D eigenvalue weighted by atomic mass is 9.98. The summed E-state index contributed by atoms with van der Waals surface area (Å²) in [5.74, 6) is 1.61. The van der Waals surface area contributed by atoms with Gasteiger partial charge in [0.2, 0.25) is 5.91 Å². The standard InChI is InChI=1S/C19H23NO3/c1-15(16-8-4-3-5-9-16)14-19(21)20-12-13-23-18-11-7-6-10-17(18)22-2/h3-11,15H,12-14H2,1-2H3,(H,20,21)/t15-/m1/s1. The van der Waals surface area contributed by atoms with Crippen LogP contribution in [-0.2, 0) is 4.79 Å². The summed E-state index contributed by atoms with van der Waals surface area (Å²) in [4.78, 5) is 12.0. The minimum Gasteiger partial charge on any atom is -0.493 e. The van der Waals surface area contributed by atoms with Crippen molar-refractivity contribution >= 4 is 5.91 Å². The molecule has 4 nitrogen and oxygen atoms in total. The lowest BCUT2D eigenvalue weighted by Crippen LogP contribution is -2.28. The fourth-order valence-corrected chi connectivity index (χ4v) is 2.34. The number of hydrogen-bond donors (Lipinski definition) is 1. The van der Waals surface area contributed by atoms with Crippen LogP contribution in [0.1, 0.15) is 24.8 Å². The number of carbonyl (C=O) groups is 1. The van der Waals surface area contributed by atoms with Gasteiger partial charge in [0, 0.05) is 6.42 Å². The Kier molecular flexibility index (Phi) is 6.48. The highest BCUT2D eigenvalue weighted by atomic mass is 16.5. The van der Waals surface area contributed by atoms with Crippen LogP contribution in [0.15, 0.2) is 54.6 Å². The Bertz CT molecular complexity index is 613. The molecule has 0 bridgehead atoms. The third kappa shape index (κ3) is 5.33. The molecule has 0 fully saturated rings. The summed E-state index contributed by atoms with van der Waals surface area (Å²) in [6.45, 7) is 2.93. The van der Waals surface area contributed by atoms with Crippen LogP contribution in [0.3, 0.4) is 0 Å². The number of carbonyl (C=O) groups excluding carboxylic acids is 1. The fraction of sp³-hybridized carbons (Fsp3) is 0.316. The number of rotatable bonds is 8. The Balaban J connectivity index is 1.71. The van der Waals surface area contributed by atoms with Crippen LogP contribution in [0.2, 0.25) is 0 Å². The summed E-state index contributed by atoms with van der Waals surface area (Å²) in [6, 6.07) is 17.5. The number of benzene rings is 2. The van der Waals surface area contributed by atoms with Gasteiger partial charge in [0.1, 0.15) is 6.61 Å². The Morgan fingerprint density at radius 1 is 1.04 bits per heavy atom. The molecule has 0 radical (unpaired) electrons. The monoisotopic (exact) mass is 313 g/mol. The van der Waals surface area contributed by atoms with Crippen molar-refractivity contribution < 1.29 is 14.3 Å². The Morgan fingerprint density at radius 2 is 1.70 bits per heavy atom. The molecule has 4 heteroatoms. The van der Waals surface area contributed by atoms with Gasteiger partial charge >= 0.3 is 0 Å². The molecule has 2 rings (SSSR count).